The number of phenolic OH excluding ortho intramolecular Hbond substituents is 1. The number of aromatic hydroxyl groups is 1. The van der Waals surface area contributed by atoms with Crippen molar-refractivity contribution in [3.05, 3.63) is 35.4 Å². The van der Waals surface area contributed by atoms with E-state index < -0.39 is 5.97 Å². The molecule has 0 aliphatic rings. The Labute approximate surface area is 93.8 Å². The lowest BCUT2D eigenvalue weighted by Crippen LogP contribution is -2.00. The maximum Gasteiger partial charge on any atom is 0.337 e. The monoisotopic (exact) mass is 222 g/mol. The van der Waals surface area contributed by atoms with Gasteiger partial charge in [-0.3, -0.25) is 0 Å². The number of rotatable bonds is 4. The molecule has 0 aliphatic carbocycles. The van der Waals surface area contributed by atoms with Gasteiger partial charge >= 0.3 is 5.97 Å². The number of carbonyl (C=O) groups excluding carboxylic acids is 1. The zero-order valence-electron chi connectivity index (χ0n) is 9.01. The molecule has 0 atom stereocenters. The number of benzene rings is 1. The van der Waals surface area contributed by atoms with Gasteiger partial charge in [-0.05, 0) is 18.6 Å². The fourth-order valence-corrected chi connectivity index (χ4v) is 1.21. The smallest absolute Gasteiger partial charge is 0.337 e. The molecule has 1 aromatic rings. The zero-order chi connectivity index (χ0) is 12.0. The fourth-order valence-electron chi connectivity index (χ4n) is 1.21. The summed E-state index contributed by atoms with van der Waals surface area (Å²) in [6, 6.07) is 4.55. The highest BCUT2D eigenvalue weighted by molar-refractivity contribution is 5.90. The van der Waals surface area contributed by atoms with E-state index in [1.54, 1.807) is 24.3 Å². The van der Waals surface area contributed by atoms with Gasteiger partial charge < -0.3 is 14.9 Å². The molecule has 0 heterocycles. The zero-order valence-corrected chi connectivity index (χ0v) is 9.01. The second-order valence-electron chi connectivity index (χ2n) is 3.18. The van der Waals surface area contributed by atoms with E-state index in [4.69, 9.17) is 5.11 Å². The minimum Gasteiger partial charge on any atom is -0.507 e. The Balaban J connectivity index is 2.87. The third-order valence-corrected chi connectivity index (χ3v) is 2.04. The maximum atomic E-state index is 11.2. The van der Waals surface area contributed by atoms with Gasteiger partial charge in [-0.1, -0.05) is 18.2 Å². The van der Waals surface area contributed by atoms with E-state index in [0.717, 1.165) is 0 Å². The van der Waals surface area contributed by atoms with E-state index in [2.05, 4.69) is 4.74 Å². The van der Waals surface area contributed by atoms with Gasteiger partial charge in [-0.2, -0.15) is 0 Å². The first-order valence-electron chi connectivity index (χ1n) is 4.87. The van der Waals surface area contributed by atoms with Gasteiger partial charge in [-0.25, -0.2) is 4.79 Å². The summed E-state index contributed by atoms with van der Waals surface area (Å²) in [5, 5.41) is 18.2. The van der Waals surface area contributed by atoms with Crippen LogP contribution in [0.4, 0.5) is 0 Å². The second kappa shape index (κ2) is 5.92. The summed E-state index contributed by atoms with van der Waals surface area (Å²) >= 11 is 0. The number of methoxy groups -OCH3 is 1. The molecule has 0 bridgehead atoms. The Morgan fingerprint density at radius 3 is 2.81 bits per heavy atom. The first-order valence-corrected chi connectivity index (χ1v) is 4.87. The molecule has 4 heteroatoms. The van der Waals surface area contributed by atoms with E-state index in [9.17, 15) is 9.90 Å². The highest BCUT2D eigenvalue weighted by atomic mass is 16.5. The Kier molecular flexibility index (Phi) is 4.54. The molecule has 16 heavy (non-hydrogen) atoms. The predicted molar refractivity (Wildman–Crippen MR) is 60.2 cm³/mol. The van der Waals surface area contributed by atoms with Crippen LogP contribution in [0.2, 0.25) is 0 Å². The van der Waals surface area contributed by atoms with Crippen molar-refractivity contribution in [3.8, 4) is 5.75 Å². The Bertz CT molecular complexity index is 396. The number of carbonyl (C=O) groups is 1. The molecular formula is C12H14O4. The molecule has 2 N–H and O–H groups in total. The second-order valence-corrected chi connectivity index (χ2v) is 3.18. The lowest BCUT2D eigenvalue weighted by Gasteiger charge is -2.02. The summed E-state index contributed by atoms with van der Waals surface area (Å²) in [7, 11) is 1.29. The minimum atomic E-state index is -0.485. The average molecular weight is 222 g/mol. The van der Waals surface area contributed by atoms with Gasteiger partial charge in [0.2, 0.25) is 0 Å². The summed E-state index contributed by atoms with van der Waals surface area (Å²) in [5.74, 6) is -0.474. The van der Waals surface area contributed by atoms with Gasteiger partial charge in [0.05, 0.1) is 12.7 Å². The molecule has 0 aromatic heterocycles. The van der Waals surface area contributed by atoms with Crippen LogP contribution in [0.25, 0.3) is 6.08 Å². The number of esters is 1. The molecular weight excluding hydrogens is 208 g/mol. The number of aliphatic hydroxyl groups is 1. The molecule has 0 aliphatic heterocycles. The maximum absolute atomic E-state index is 11.2. The first kappa shape index (κ1) is 12.3. The summed E-state index contributed by atoms with van der Waals surface area (Å²) in [6.07, 6.45) is 3.96. The Morgan fingerprint density at radius 2 is 2.25 bits per heavy atom. The van der Waals surface area contributed by atoms with E-state index in [1.165, 1.54) is 13.2 Å². The molecule has 0 saturated carbocycles. The highest BCUT2D eigenvalue weighted by Crippen LogP contribution is 2.20. The number of ether oxygens (including phenoxy) is 1. The van der Waals surface area contributed by atoms with Crippen LogP contribution in [-0.4, -0.2) is 29.9 Å². The van der Waals surface area contributed by atoms with E-state index in [0.29, 0.717) is 17.5 Å². The van der Waals surface area contributed by atoms with Crippen LogP contribution in [-0.2, 0) is 4.74 Å². The molecule has 0 fully saturated rings. The third-order valence-electron chi connectivity index (χ3n) is 2.04. The standard InChI is InChI=1S/C12H14O4/c1-16-12(15)10-6-5-9(11(14)8-10)4-2-3-7-13/h2,4-6,8,13-14H,3,7H2,1H3. The van der Waals surface area contributed by atoms with Crippen molar-refractivity contribution in [1.29, 1.82) is 0 Å². The Hall–Kier alpha value is -1.81. The van der Waals surface area contributed by atoms with Crippen molar-refractivity contribution >= 4 is 12.0 Å². The normalized spacial score (nSPS) is 10.6. The van der Waals surface area contributed by atoms with Gasteiger partial charge in [0, 0.05) is 12.2 Å². The highest BCUT2D eigenvalue weighted by Gasteiger charge is 2.07. The molecule has 1 rings (SSSR count). The number of hydrogen-bond acceptors (Lipinski definition) is 4. The number of phenols is 1. The third kappa shape index (κ3) is 3.10. The molecule has 0 unspecified atom stereocenters. The summed E-state index contributed by atoms with van der Waals surface area (Å²) in [4.78, 5) is 11.2. The van der Waals surface area contributed by atoms with Crippen LogP contribution in [0, 0.1) is 0 Å². The van der Waals surface area contributed by atoms with Crippen LogP contribution in [0.3, 0.4) is 0 Å². The van der Waals surface area contributed by atoms with Crippen LogP contribution < -0.4 is 0 Å². The molecule has 0 spiro atoms. The Morgan fingerprint density at radius 1 is 1.50 bits per heavy atom. The van der Waals surface area contributed by atoms with Gasteiger partial charge in [0.25, 0.3) is 0 Å². The van der Waals surface area contributed by atoms with E-state index in [-0.39, 0.29) is 12.4 Å². The van der Waals surface area contributed by atoms with Gasteiger partial charge in [0.15, 0.2) is 0 Å². The topological polar surface area (TPSA) is 66.8 Å². The fraction of sp³-hybridized carbons (Fsp3) is 0.250. The van der Waals surface area contributed by atoms with Crippen LogP contribution in [0.5, 0.6) is 5.75 Å². The van der Waals surface area contributed by atoms with Crippen molar-refractivity contribution in [2.24, 2.45) is 0 Å². The van der Waals surface area contributed by atoms with Crippen LogP contribution >= 0.6 is 0 Å². The molecule has 1 aromatic carbocycles. The van der Waals surface area contributed by atoms with Crippen molar-refractivity contribution in [1.82, 2.24) is 0 Å². The largest absolute Gasteiger partial charge is 0.507 e. The van der Waals surface area contributed by atoms with Gasteiger partial charge in [-0.15, -0.1) is 0 Å². The van der Waals surface area contributed by atoms with Crippen molar-refractivity contribution in [3.63, 3.8) is 0 Å². The molecule has 0 radical (unpaired) electrons. The number of aliphatic hydroxyl groups excluding tert-OH is 1. The molecule has 0 amide bonds. The first-order chi connectivity index (χ1) is 7.69. The SMILES string of the molecule is COC(=O)c1ccc(C=CCCO)c(O)c1. The van der Waals surface area contributed by atoms with Crippen molar-refractivity contribution in [2.45, 2.75) is 6.42 Å². The molecule has 4 nitrogen and oxygen atoms in total. The van der Waals surface area contributed by atoms with E-state index >= 15 is 0 Å². The quantitative estimate of drug-likeness (QED) is 0.759. The van der Waals surface area contributed by atoms with Gasteiger partial charge in [0.1, 0.15) is 5.75 Å². The van der Waals surface area contributed by atoms with Crippen molar-refractivity contribution in [2.75, 3.05) is 13.7 Å². The predicted octanol–water partition coefficient (Wildman–Crippen LogP) is 1.57. The summed E-state index contributed by atoms with van der Waals surface area (Å²) < 4.78 is 4.53. The number of hydrogen-bond donors (Lipinski definition) is 2. The molecule has 86 valence electrons. The average Bonchev–Trinajstić information content (AvgIpc) is 2.30. The molecule has 0 saturated heterocycles. The lowest BCUT2D eigenvalue weighted by molar-refractivity contribution is 0.0600. The summed E-state index contributed by atoms with van der Waals surface area (Å²) in [6.45, 7) is 0.0670. The van der Waals surface area contributed by atoms with Crippen LogP contribution in [0.1, 0.15) is 22.3 Å². The van der Waals surface area contributed by atoms with Crippen molar-refractivity contribution < 1.29 is 19.7 Å². The minimum absolute atomic E-state index is 0.0112. The lowest BCUT2D eigenvalue weighted by atomic mass is 10.1. The van der Waals surface area contributed by atoms with E-state index in [1.807, 2.05) is 0 Å². The summed E-state index contributed by atoms with van der Waals surface area (Å²) in [5.41, 5.74) is 0.903. The van der Waals surface area contributed by atoms with Crippen LogP contribution in [0.15, 0.2) is 24.3 Å².